The number of aryl methyl sites for hydroxylation is 1. The Balaban J connectivity index is 1.58. The number of aromatic nitrogens is 2. The molecular formula is C16H22N4O2. The molecular weight excluding hydrogens is 280 g/mol. The first-order chi connectivity index (χ1) is 10.7. The maximum Gasteiger partial charge on any atom is 0.241 e. The van der Waals surface area contributed by atoms with E-state index in [0.29, 0.717) is 18.3 Å². The largest absolute Gasteiger partial charge is 0.395 e. The summed E-state index contributed by atoms with van der Waals surface area (Å²) in [5, 5.41) is 13.0. The molecule has 1 fully saturated rings. The minimum absolute atomic E-state index is 0.226. The third-order valence-corrected chi connectivity index (χ3v) is 3.98. The van der Waals surface area contributed by atoms with Gasteiger partial charge in [0.15, 0.2) is 0 Å². The molecule has 1 N–H and O–H groups in total. The van der Waals surface area contributed by atoms with E-state index in [0.717, 1.165) is 38.3 Å². The first kappa shape index (κ1) is 15.1. The Bertz CT molecular complexity index is 606. The lowest BCUT2D eigenvalue weighted by Gasteiger charge is -2.33. The molecule has 0 radical (unpaired) electrons. The third-order valence-electron chi connectivity index (χ3n) is 3.98. The van der Waals surface area contributed by atoms with E-state index < -0.39 is 0 Å². The predicted octanol–water partition coefficient (Wildman–Crippen LogP) is 1.15. The molecule has 6 heteroatoms. The zero-order chi connectivity index (χ0) is 15.4. The van der Waals surface area contributed by atoms with E-state index in [9.17, 15) is 0 Å². The van der Waals surface area contributed by atoms with Gasteiger partial charge in [0.05, 0.1) is 13.2 Å². The molecule has 1 aromatic heterocycles. The molecule has 1 saturated heterocycles. The first-order valence-corrected chi connectivity index (χ1v) is 7.70. The average molecular weight is 302 g/mol. The van der Waals surface area contributed by atoms with Crippen molar-refractivity contribution < 1.29 is 9.63 Å². The molecule has 118 valence electrons. The zero-order valence-corrected chi connectivity index (χ0v) is 12.9. The van der Waals surface area contributed by atoms with Crippen LogP contribution in [0.2, 0.25) is 0 Å². The first-order valence-electron chi connectivity index (χ1n) is 7.70. The normalized spacial score (nSPS) is 17.0. The van der Waals surface area contributed by atoms with Crippen LogP contribution in [-0.4, -0.2) is 64.4 Å². The van der Waals surface area contributed by atoms with E-state index >= 15 is 0 Å². The fraction of sp³-hybridized carbons (Fsp3) is 0.500. The van der Waals surface area contributed by atoms with Crippen molar-refractivity contribution in [2.24, 2.45) is 0 Å². The summed E-state index contributed by atoms with van der Waals surface area (Å²) in [6.07, 6.45) is 0. The topological polar surface area (TPSA) is 65.6 Å². The predicted molar refractivity (Wildman–Crippen MR) is 83.3 cm³/mol. The van der Waals surface area contributed by atoms with Gasteiger partial charge in [-0.05, 0) is 13.0 Å². The molecule has 1 aliphatic heterocycles. The summed E-state index contributed by atoms with van der Waals surface area (Å²) in [7, 11) is 0. The number of hydrogen-bond acceptors (Lipinski definition) is 6. The van der Waals surface area contributed by atoms with Crippen molar-refractivity contribution in [3.8, 4) is 11.4 Å². The van der Waals surface area contributed by atoms with Crippen molar-refractivity contribution in [2.45, 2.75) is 13.5 Å². The highest BCUT2D eigenvalue weighted by Crippen LogP contribution is 2.17. The van der Waals surface area contributed by atoms with E-state index in [4.69, 9.17) is 9.63 Å². The maximum atomic E-state index is 8.96. The SMILES string of the molecule is Cc1cccc(-c2noc(CN3CCN(CCO)CC3)n2)c1. The van der Waals surface area contributed by atoms with Crippen molar-refractivity contribution in [2.75, 3.05) is 39.3 Å². The number of rotatable bonds is 5. The highest BCUT2D eigenvalue weighted by molar-refractivity contribution is 5.55. The molecule has 0 atom stereocenters. The van der Waals surface area contributed by atoms with Gasteiger partial charge in [-0.15, -0.1) is 0 Å². The van der Waals surface area contributed by atoms with Crippen LogP contribution < -0.4 is 0 Å². The summed E-state index contributed by atoms with van der Waals surface area (Å²) >= 11 is 0. The molecule has 3 rings (SSSR count). The Morgan fingerprint density at radius 2 is 1.95 bits per heavy atom. The van der Waals surface area contributed by atoms with Crippen molar-refractivity contribution in [1.29, 1.82) is 0 Å². The number of β-amino-alcohol motifs (C(OH)–C–C–N with tert-alkyl or cyclic N) is 1. The summed E-state index contributed by atoms with van der Waals surface area (Å²) in [6, 6.07) is 8.11. The highest BCUT2D eigenvalue weighted by Gasteiger charge is 2.19. The van der Waals surface area contributed by atoms with Gasteiger partial charge in [-0.1, -0.05) is 28.9 Å². The monoisotopic (exact) mass is 302 g/mol. The lowest BCUT2D eigenvalue weighted by atomic mass is 10.1. The van der Waals surface area contributed by atoms with Gasteiger partial charge in [0, 0.05) is 38.3 Å². The Morgan fingerprint density at radius 1 is 1.18 bits per heavy atom. The van der Waals surface area contributed by atoms with Gasteiger partial charge in [-0.25, -0.2) is 0 Å². The van der Waals surface area contributed by atoms with Crippen LogP contribution in [0.15, 0.2) is 28.8 Å². The van der Waals surface area contributed by atoms with Crippen LogP contribution in [0.25, 0.3) is 11.4 Å². The second-order valence-corrected chi connectivity index (χ2v) is 5.72. The number of hydrogen-bond donors (Lipinski definition) is 1. The quantitative estimate of drug-likeness (QED) is 0.894. The summed E-state index contributed by atoms with van der Waals surface area (Å²) in [6.45, 7) is 7.58. The van der Waals surface area contributed by atoms with Gasteiger partial charge < -0.3 is 9.63 Å². The van der Waals surface area contributed by atoms with Crippen LogP contribution in [0, 0.1) is 6.92 Å². The van der Waals surface area contributed by atoms with E-state index in [1.54, 1.807) is 0 Å². The molecule has 0 spiro atoms. The third kappa shape index (κ3) is 3.71. The van der Waals surface area contributed by atoms with Crippen molar-refractivity contribution in [1.82, 2.24) is 19.9 Å². The molecule has 6 nitrogen and oxygen atoms in total. The fourth-order valence-electron chi connectivity index (χ4n) is 2.72. The molecule has 22 heavy (non-hydrogen) atoms. The average Bonchev–Trinajstić information content (AvgIpc) is 2.98. The Morgan fingerprint density at radius 3 is 2.68 bits per heavy atom. The van der Waals surface area contributed by atoms with Gasteiger partial charge >= 0.3 is 0 Å². The number of aliphatic hydroxyl groups excluding tert-OH is 1. The summed E-state index contributed by atoms with van der Waals surface area (Å²) in [5.74, 6) is 1.31. The molecule has 0 amide bonds. The minimum atomic E-state index is 0.226. The van der Waals surface area contributed by atoms with Gasteiger partial charge in [0.25, 0.3) is 0 Å². The van der Waals surface area contributed by atoms with E-state index in [2.05, 4.69) is 39.0 Å². The number of nitrogens with zero attached hydrogens (tertiary/aromatic N) is 4. The van der Waals surface area contributed by atoms with E-state index in [1.807, 2.05) is 12.1 Å². The van der Waals surface area contributed by atoms with Crippen LogP contribution in [0.4, 0.5) is 0 Å². The van der Waals surface area contributed by atoms with Crippen molar-refractivity contribution in [3.63, 3.8) is 0 Å². The number of aliphatic hydroxyl groups is 1. The second kappa shape index (κ2) is 7.00. The van der Waals surface area contributed by atoms with Crippen LogP contribution in [0.1, 0.15) is 11.5 Å². The lowest BCUT2D eigenvalue weighted by molar-refractivity contribution is 0.101. The van der Waals surface area contributed by atoms with Gasteiger partial charge in [0.2, 0.25) is 11.7 Å². The zero-order valence-electron chi connectivity index (χ0n) is 12.9. The molecule has 2 heterocycles. The number of benzene rings is 1. The Kier molecular flexibility index (Phi) is 4.82. The molecule has 2 aromatic rings. The second-order valence-electron chi connectivity index (χ2n) is 5.72. The fourth-order valence-corrected chi connectivity index (χ4v) is 2.72. The molecule has 0 bridgehead atoms. The number of piperazine rings is 1. The molecule has 1 aromatic carbocycles. The van der Waals surface area contributed by atoms with E-state index in [1.165, 1.54) is 5.56 Å². The smallest absolute Gasteiger partial charge is 0.241 e. The summed E-state index contributed by atoms with van der Waals surface area (Å²) in [4.78, 5) is 9.07. The van der Waals surface area contributed by atoms with Gasteiger partial charge in [-0.2, -0.15) is 4.98 Å². The van der Waals surface area contributed by atoms with Gasteiger partial charge in [-0.3, -0.25) is 9.80 Å². The Labute approximate surface area is 130 Å². The maximum absolute atomic E-state index is 8.96. The lowest BCUT2D eigenvalue weighted by Crippen LogP contribution is -2.46. The van der Waals surface area contributed by atoms with Gasteiger partial charge in [0.1, 0.15) is 0 Å². The van der Waals surface area contributed by atoms with Crippen LogP contribution >= 0.6 is 0 Å². The van der Waals surface area contributed by atoms with Crippen molar-refractivity contribution in [3.05, 3.63) is 35.7 Å². The molecule has 0 saturated carbocycles. The van der Waals surface area contributed by atoms with Crippen LogP contribution in [0.5, 0.6) is 0 Å². The highest BCUT2D eigenvalue weighted by atomic mass is 16.5. The minimum Gasteiger partial charge on any atom is -0.395 e. The summed E-state index contributed by atoms with van der Waals surface area (Å²) in [5.41, 5.74) is 2.17. The molecule has 0 unspecified atom stereocenters. The Hall–Kier alpha value is -1.76. The van der Waals surface area contributed by atoms with Crippen LogP contribution in [0.3, 0.4) is 0 Å². The standard InChI is InChI=1S/C16H22N4O2/c1-13-3-2-4-14(11-13)16-17-15(22-18-16)12-20-7-5-19(6-8-20)9-10-21/h2-4,11,21H,5-10,12H2,1H3. The van der Waals surface area contributed by atoms with Crippen molar-refractivity contribution >= 4 is 0 Å². The molecule has 1 aliphatic rings. The van der Waals surface area contributed by atoms with Crippen LogP contribution in [-0.2, 0) is 6.54 Å². The van der Waals surface area contributed by atoms with E-state index in [-0.39, 0.29) is 6.61 Å². The summed E-state index contributed by atoms with van der Waals surface area (Å²) < 4.78 is 5.38. The molecule has 0 aliphatic carbocycles.